The van der Waals surface area contributed by atoms with Crippen LogP contribution in [0.1, 0.15) is 56.9 Å². The maximum Gasteiger partial charge on any atom is 0.305 e. The Morgan fingerprint density at radius 2 is 2.26 bits per heavy atom. The standard InChI is InChI=1S/C14H24N2O3/c1-4-6-9-19-14(18)8-7-13(17)11-10-16(3)15-12(11)5-2/h10,13,17H,4-9H2,1-3H3. The van der Waals surface area contributed by atoms with Gasteiger partial charge >= 0.3 is 5.97 Å². The quantitative estimate of drug-likeness (QED) is 0.579. The van der Waals surface area contributed by atoms with Crippen LogP contribution in [0.2, 0.25) is 0 Å². The summed E-state index contributed by atoms with van der Waals surface area (Å²) in [7, 11) is 1.83. The first-order valence-corrected chi connectivity index (χ1v) is 6.94. The van der Waals surface area contributed by atoms with Gasteiger partial charge in [0, 0.05) is 25.2 Å². The lowest BCUT2D eigenvalue weighted by atomic mass is 10.0. The molecular weight excluding hydrogens is 244 g/mol. The highest BCUT2D eigenvalue weighted by Gasteiger charge is 2.16. The van der Waals surface area contributed by atoms with Crippen molar-refractivity contribution >= 4 is 5.97 Å². The summed E-state index contributed by atoms with van der Waals surface area (Å²) in [5, 5.41) is 14.4. The number of aliphatic hydroxyl groups excluding tert-OH is 1. The Kier molecular flexibility index (Phi) is 6.56. The molecule has 19 heavy (non-hydrogen) atoms. The van der Waals surface area contributed by atoms with Crippen LogP contribution >= 0.6 is 0 Å². The number of unbranched alkanes of at least 4 members (excludes halogenated alkanes) is 1. The lowest BCUT2D eigenvalue weighted by Gasteiger charge is -2.10. The fourth-order valence-electron chi connectivity index (χ4n) is 1.92. The Labute approximate surface area is 114 Å². The van der Waals surface area contributed by atoms with E-state index in [4.69, 9.17) is 4.74 Å². The van der Waals surface area contributed by atoms with E-state index in [-0.39, 0.29) is 12.4 Å². The third-order valence-electron chi connectivity index (χ3n) is 3.01. The van der Waals surface area contributed by atoms with Gasteiger partial charge < -0.3 is 9.84 Å². The van der Waals surface area contributed by atoms with Gasteiger partial charge in [0.2, 0.25) is 0 Å². The summed E-state index contributed by atoms with van der Waals surface area (Å²) in [6, 6.07) is 0. The smallest absolute Gasteiger partial charge is 0.305 e. The molecule has 1 rings (SSSR count). The number of carbonyl (C=O) groups excluding carboxylic acids is 1. The molecule has 0 fully saturated rings. The number of ether oxygens (including phenoxy) is 1. The summed E-state index contributed by atoms with van der Waals surface area (Å²) in [6.45, 7) is 4.52. The van der Waals surface area contributed by atoms with Gasteiger partial charge in [-0.25, -0.2) is 0 Å². The molecule has 0 saturated heterocycles. The Balaban J connectivity index is 2.42. The van der Waals surface area contributed by atoms with Gasteiger partial charge in [0.25, 0.3) is 0 Å². The first kappa shape index (κ1) is 15.7. The first-order chi connectivity index (χ1) is 9.08. The highest BCUT2D eigenvalue weighted by Crippen LogP contribution is 2.22. The Morgan fingerprint density at radius 1 is 1.53 bits per heavy atom. The number of hydrogen-bond donors (Lipinski definition) is 1. The molecule has 1 heterocycles. The fourth-order valence-corrected chi connectivity index (χ4v) is 1.92. The second kappa shape index (κ2) is 7.94. The van der Waals surface area contributed by atoms with Crippen LogP contribution in [-0.4, -0.2) is 27.5 Å². The number of esters is 1. The van der Waals surface area contributed by atoms with Gasteiger partial charge in [-0.2, -0.15) is 5.10 Å². The van der Waals surface area contributed by atoms with Crippen molar-refractivity contribution in [1.82, 2.24) is 9.78 Å². The predicted octanol–water partition coefficient (Wildman–Crippen LogP) is 2.14. The lowest BCUT2D eigenvalue weighted by Crippen LogP contribution is -2.08. The monoisotopic (exact) mass is 268 g/mol. The van der Waals surface area contributed by atoms with Crippen LogP contribution in [0.3, 0.4) is 0 Å². The molecule has 0 aromatic carbocycles. The largest absolute Gasteiger partial charge is 0.466 e. The number of aromatic nitrogens is 2. The van der Waals surface area contributed by atoms with E-state index in [0.29, 0.717) is 13.0 Å². The molecule has 1 atom stereocenters. The number of aliphatic hydroxyl groups is 1. The van der Waals surface area contributed by atoms with E-state index in [1.807, 2.05) is 27.1 Å². The lowest BCUT2D eigenvalue weighted by molar-refractivity contribution is -0.144. The van der Waals surface area contributed by atoms with Gasteiger partial charge in [0.1, 0.15) is 0 Å². The van der Waals surface area contributed by atoms with Gasteiger partial charge in [-0.15, -0.1) is 0 Å². The van der Waals surface area contributed by atoms with E-state index in [9.17, 15) is 9.90 Å². The minimum Gasteiger partial charge on any atom is -0.466 e. The van der Waals surface area contributed by atoms with E-state index < -0.39 is 6.10 Å². The van der Waals surface area contributed by atoms with E-state index in [1.54, 1.807) is 4.68 Å². The molecule has 0 spiro atoms. The third-order valence-corrected chi connectivity index (χ3v) is 3.01. The third kappa shape index (κ3) is 5.03. The summed E-state index contributed by atoms with van der Waals surface area (Å²) in [6.07, 6.45) is 4.44. The molecule has 0 aliphatic carbocycles. The van der Waals surface area contributed by atoms with Crippen molar-refractivity contribution in [3.8, 4) is 0 Å². The second-order valence-electron chi connectivity index (χ2n) is 4.69. The number of carbonyl (C=O) groups is 1. The molecule has 0 aliphatic rings. The second-order valence-corrected chi connectivity index (χ2v) is 4.69. The van der Waals surface area contributed by atoms with E-state index in [1.165, 1.54) is 0 Å². The molecule has 0 bridgehead atoms. The van der Waals surface area contributed by atoms with Crippen LogP contribution in [0.4, 0.5) is 0 Å². The van der Waals surface area contributed by atoms with Crippen LogP contribution in [0.15, 0.2) is 6.20 Å². The minimum atomic E-state index is -0.651. The maximum atomic E-state index is 11.5. The normalized spacial score (nSPS) is 12.4. The molecule has 0 aliphatic heterocycles. The van der Waals surface area contributed by atoms with Crippen LogP contribution in [-0.2, 0) is 23.0 Å². The van der Waals surface area contributed by atoms with Gasteiger partial charge in [-0.1, -0.05) is 20.3 Å². The van der Waals surface area contributed by atoms with Gasteiger partial charge in [-0.05, 0) is 19.3 Å². The van der Waals surface area contributed by atoms with E-state index in [0.717, 1.165) is 30.5 Å². The molecule has 0 amide bonds. The summed E-state index contributed by atoms with van der Waals surface area (Å²) < 4.78 is 6.75. The predicted molar refractivity (Wildman–Crippen MR) is 72.6 cm³/mol. The molecular formula is C14H24N2O3. The number of rotatable bonds is 8. The molecule has 1 aromatic heterocycles. The fraction of sp³-hybridized carbons (Fsp3) is 0.714. The number of aryl methyl sites for hydroxylation is 2. The van der Waals surface area contributed by atoms with E-state index >= 15 is 0 Å². The average Bonchev–Trinajstić information content (AvgIpc) is 2.77. The Hall–Kier alpha value is -1.36. The number of nitrogens with zero attached hydrogens (tertiary/aromatic N) is 2. The summed E-state index contributed by atoms with van der Waals surface area (Å²) >= 11 is 0. The van der Waals surface area contributed by atoms with Gasteiger partial charge in [0.15, 0.2) is 0 Å². The highest BCUT2D eigenvalue weighted by molar-refractivity contribution is 5.69. The summed E-state index contributed by atoms with van der Waals surface area (Å²) in [5.74, 6) is -0.241. The SMILES string of the molecule is CCCCOC(=O)CCC(O)c1cn(C)nc1CC. The molecule has 0 radical (unpaired) electrons. The van der Waals surface area contributed by atoms with Gasteiger partial charge in [0.05, 0.1) is 18.4 Å². The minimum absolute atomic E-state index is 0.239. The zero-order chi connectivity index (χ0) is 14.3. The molecule has 0 saturated carbocycles. The van der Waals surface area contributed by atoms with Gasteiger partial charge in [-0.3, -0.25) is 9.48 Å². The van der Waals surface area contributed by atoms with Crippen molar-refractivity contribution < 1.29 is 14.6 Å². The summed E-state index contributed by atoms with van der Waals surface area (Å²) in [4.78, 5) is 11.5. The van der Waals surface area contributed by atoms with Crippen molar-refractivity contribution in [3.63, 3.8) is 0 Å². The van der Waals surface area contributed by atoms with Crippen LogP contribution in [0.25, 0.3) is 0 Å². The zero-order valence-electron chi connectivity index (χ0n) is 12.1. The zero-order valence-corrected chi connectivity index (χ0v) is 12.1. The van der Waals surface area contributed by atoms with Crippen molar-refractivity contribution in [2.24, 2.45) is 7.05 Å². The molecule has 5 heteroatoms. The average molecular weight is 268 g/mol. The Morgan fingerprint density at radius 3 is 2.89 bits per heavy atom. The Bertz CT molecular complexity index is 401. The maximum absolute atomic E-state index is 11.5. The van der Waals surface area contributed by atoms with Crippen LogP contribution in [0.5, 0.6) is 0 Å². The van der Waals surface area contributed by atoms with E-state index in [2.05, 4.69) is 5.10 Å². The highest BCUT2D eigenvalue weighted by atomic mass is 16.5. The first-order valence-electron chi connectivity index (χ1n) is 6.94. The molecule has 1 N–H and O–H groups in total. The van der Waals surface area contributed by atoms with Crippen molar-refractivity contribution in [2.75, 3.05) is 6.61 Å². The van der Waals surface area contributed by atoms with Crippen molar-refractivity contribution in [2.45, 2.75) is 52.1 Å². The molecule has 1 unspecified atom stereocenters. The molecule has 108 valence electrons. The summed E-state index contributed by atoms with van der Waals surface area (Å²) in [5.41, 5.74) is 1.70. The number of hydrogen-bond acceptors (Lipinski definition) is 4. The molecule has 5 nitrogen and oxygen atoms in total. The molecule has 1 aromatic rings. The van der Waals surface area contributed by atoms with Crippen LogP contribution in [0, 0.1) is 0 Å². The topological polar surface area (TPSA) is 64.3 Å². The van der Waals surface area contributed by atoms with Crippen LogP contribution < -0.4 is 0 Å². The van der Waals surface area contributed by atoms with Crippen molar-refractivity contribution in [3.05, 3.63) is 17.5 Å². The van der Waals surface area contributed by atoms with Crippen molar-refractivity contribution in [1.29, 1.82) is 0 Å².